The Balaban J connectivity index is 1.83. The lowest BCUT2D eigenvalue weighted by Crippen LogP contribution is -2.32. The van der Waals surface area contributed by atoms with E-state index in [0.29, 0.717) is 0 Å². The number of halogens is 2. The Bertz CT molecular complexity index is 388. The molecule has 0 aromatic heterocycles. The molecule has 0 heterocycles. The van der Waals surface area contributed by atoms with E-state index in [-0.39, 0.29) is 0 Å². The lowest BCUT2D eigenvalue weighted by molar-refractivity contribution is 0.279. The molecule has 0 nitrogen and oxygen atoms in total. The third-order valence-corrected chi connectivity index (χ3v) is 8.72. The smallest absolute Gasteiger partial charge is 0.00251 e. The van der Waals surface area contributed by atoms with Crippen LogP contribution in [0.15, 0.2) is 18.3 Å². The highest BCUT2D eigenvalue weighted by Crippen LogP contribution is 2.57. The second-order valence-corrected chi connectivity index (χ2v) is 8.94. The van der Waals surface area contributed by atoms with Gasteiger partial charge in [-0.25, -0.2) is 0 Å². The molecule has 0 radical (unpaired) electrons. The molecule has 0 spiro atoms. The average molecular weight is 466 g/mol. The standard InChI is InChI=1S/C16H20I2/c17-15-11-5-1-9(2-6-11)13(15)14-10-3-7-12(8-4-10)16(14)18/h9-12H,1-8H2. The highest BCUT2D eigenvalue weighted by atomic mass is 127. The third-order valence-electron chi connectivity index (χ3n) is 5.79. The number of hydrogen-bond acceptors (Lipinski definition) is 0. The summed E-state index contributed by atoms with van der Waals surface area (Å²) in [6.07, 6.45) is 11.8. The van der Waals surface area contributed by atoms with Crippen LogP contribution in [-0.2, 0) is 0 Å². The van der Waals surface area contributed by atoms with Gasteiger partial charge in [-0.05, 0) is 139 Å². The predicted molar refractivity (Wildman–Crippen MR) is 93.0 cm³/mol. The maximum atomic E-state index is 2.71. The van der Waals surface area contributed by atoms with E-state index >= 15 is 0 Å². The van der Waals surface area contributed by atoms with Crippen molar-refractivity contribution >= 4 is 45.2 Å². The van der Waals surface area contributed by atoms with Crippen LogP contribution in [0.3, 0.4) is 0 Å². The van der Waals surface area contributed by atoms with Crippen molar-refractivity contribution in [3.8, 4) is 0 Å². The first-order valence-corrected chi connectivity index (χ1v) is 9.71. The monoisotopic (exact) mass is 466 g/mol. The van der Waals surface area contributed by atoms with E-state index in [4.69, 9.17) is 0 Å². The largest absolute Gasteiger partial charge is 0.0485 e. The van der Waals surface area contributed by atoms with Gasteiger partial charge in [0.15, 0.2) is 0 Å². The molecule has 0 unspecified atom stereocenters. The quantitative estimate of drug-likeness (QED) is 0.416. The summed E-state index contributed by atoms with van der Waals surface area (Å²) < 4.78 is 3.54. The Morgan fingerprint density at radius 1 is 0.500 bits per heavy atom. The predicted octanol–water partition coefficient (Wildman–Crippen LogP) is 6.00. The van der Waals surface area contributed by atoms with Gasteiger partial charge in [0.1, 0.15) is 0 Å². The van der Waals surface area contributed by atoms with Crippen molar-refractivity contribution in [1.82, 2.24) is 0 Å². The minimum absolute atomic E-state index is 0.931. The van der Waals surface area contributed by atoms with E-state index < -0.39 is 0 Å². The van der Waals surface area contributed by atoms with Gasteiger partial charge in [0, 0.05) is 0 Å². The Labute approximate surface area is 137 Å². The zero-order chi connectivity index (χ0) is 12.3. The van der Waals surface area contributed by atoms with Crippen LogP contribution in [0.25, 0.3) is 0 Å². The van der Waals surface area contributed by atoms with E-state index in [0.717, 1.165) is 23.7 Å². The van der Waals surface area contributed by atoms with Gasteiger partial charge in [-0.1, -0.05) is 0 Å². The molecule has 18 heavy (non-hydrogen) atoms. The highest BCUT2D eigenvalue weighted by Gasteiger charge is 2.42. The lowest BCUT2D eigenvalue weighted by Gasteiger charge is -2.45. The molecule has 0 amide bonds. The fourth-order valence-electron chi connectivity index (χ4n) is 4.80. The van der Waals surface area contributed by atoms with Crippen LogP contribution in [0.2, 0.25) is 0 Å². The molecular formula is C16H20I2. The maximum absolute atomic E-state index is 2.71. The van der Waals surface area contributed by atoms with Gasteiger partial charge in [0.25, 0.3) is 0 Å². The van der Waals surface area contributed by atoms with Crippen molar-refractivity contribution < 1.29 is 0 Å². The maximum Gasteiger partial charge on any atom is -0.00251 e. The minimum atomic E-state index is 0.931. The average Bonchev–Trinajstić information content (AvgIpc) is 2.43. The van der Waals surface area contributed by atoms with Crippen LogP contribution < -0.4 is 0 Å². The van der Waals surface area contributed by atoms with E-state index in [1.54, 1.807) is 7.16 Å². The van der Waals surface area contributed by atoms with Crippen molar-refractivity contribution in [2.75, 3.05) is 0 Å². The van der Waals surface area contributed by atoms with Gasteiger partial charge in [0.2, 0.25) is 0 Å². The molecule has 0 aromatic carbocycles. The van der Waals surface area contributed by atoms with Crippen molar-refractivity contribution in [3.63, 3.8) is 0 Å². The SMILES string of the molecule is IC1=C(C2=C(I)C3CCC2CC3)C2CCC1CC2. The molecule has 6 aliphatic rings. The molecule has 0 aliphatic heterocycles. The van der Waals surface area contributed by atoms with E-state index in [9.17, 15) is 0 Å². The van der Waals surface area contributed by atoms with Crippen molar-refractivity contribution in [2.24, 2.45) is 23.7 Å². The molecule has 6 rings (SSSR count). The van der Waals surface area contributed by atoms with Gasteiger partial charge in [0.05, 0.1) is 0 Å². The molecule has 2 saturated carbocycles. The highest BCUT2D eigenvalue weighted by molar-refractivity contribution is 14.1. The second-order valence-electron chi connectivity index (χ2n) is 6.62. The van der Waals surface area contributed by atoms with Crippen LogP contribution in [0, 0.1) is 23.7 Å². The molecule has 0 aromatic rings. The van der Waals surface area contributed by atoms with Gasteiger partial charge >= 0.3 is 0 Å². The molecule has 4 bridgehead atoms. The second kappa shape index (κ2) is 4.74. The molecule has 6 aliphatic carbocycles. The van der Waals surface area contributed by atoms with Gasteiger partial charge in [-0.15, -0.1) is 0 Å². The topological polar surface area (TPSA) is 0 Å². The van der Waals surface area contributed by atoms with Gasteiger partial charge < -0.3 is 0 Å². The molecule has 0 N–H and O–H groups in total. The zero-order valence-electron chi connectivity index (χ0n) is 10.7. The summed E-state index contributed by atoms with van der Waals surface area (Å²) in [7, 11) is 0. The normalized spacial score (nSPS) is 43.0. The number of hydrogen-bond donors (Lipinski definition) is 0. The molecule has 0 saturated heterocycles. The van der Waals surface area contributed by atoms with Crippen LogP contribution in [0.1, 0.15) is 51.4 Å². The van der Waals surface area contributed by atoms with Gasteiger partial charge in [-0.3, -0.25) is 0 Å². The Kier molecular flexibility index (Phi) is 3.34. The summed E-state index contributed by atoms with van der Waals surface area (Å²) >= 11 is 5.41. The third kappa shape index (κ3) is 1.80. The minimum Gasteiger partial charge on any atom is -0.0485 e. The van der Waals surface area contributed by atoms with Gasteiger partial charge in [-0.2, -0.15) is 0 Å². The van der Waals surface area contributed by atoms with Crippen molar-refractivity contribution in [3.05, 3.63) is 18.3 Å². The summed E-state index contributed by atoms with van der Waals surface area (Å²) in [6, 6.07) is 0. The van der Waals surface area contributed by atoms with E-state index in [1.807, 2.05) is 11.1 Å². The van der Waals surface area contributed by atoms with E-state index in [1.165, 1.54) is 51.4 Å². The molecular weight excluding hydrogens is 446 g/mol. The number of allylic oxidation sites excluding steroid dienone is 4. The first kappa shape index (κ1) is 12.7. The fraction of sp³-hybridized carbons (Fsp3) is 0.750. The fourth-order valence-corrected chi connectivity index (χ4v) is 7.51. The molecule has 98 valence electrons. The Morgan fingerprint density at radius 3 is 1.06 bits per heavy atom. The van der Waals surface area contributed by atoms with Crippen LogP contribution in [-0.4, -0.2) is 0 Å². The lowest BCUT2D eigenvalue weighted by atomic mass is 9.62. The summed E-state index contributed by atoms with van der Waals surface area (Å²) in [4.78, 5) is 0. The van der Waals surface area contributed by atoms with Crippen LogP contribution in [0.4, 0.5) is 0 Å². The Morgan fingerprint density at radius 2 is 0.778 bits per heavy atom. The molecule has 0 atom stereocenters. The number of fused-ring (bicyclic) bond motifs is 5. The van der Waals surface area contributed by atoms with Crippen molar-refractivity contribution in [2.45, 2.75) is 51.4 Å². The summed E-state index contributed by atoms with van der Waals surface area (Å²) in [6.45, 7) is 0. The van der Waals surface area contributed by atoms with Crippen molar-refractivity contribution in [1.29, 1.82) is 0 Å². The van der Waals surface area contributed by atoms with Crippen LogP contribution in [0.5, 0.6) is 0 Å². The molecule has 2 heteroatoms. The first-order valence-electron chi connectivity index (χ1n) is 7.55. The zero-order valence-corrected chi connectivity index (χ0v) is 15.0. The summed E-state index contributed by atoms with van der Waals surface area (Å²) in [5.74, 6) is 3.73. The summed E-state index contributed by atoms with van der Waals surface area (Å²) in [5, 5.41) is 0. The first-order chi connectivity index (χ1) is 8.75. The molecule has 2 fully saturated rings. The van der Waals surface area contributed by atoms with Crippen LogP contribution >= 0.6 is 45.2 Å². The Hall–Kier alpha value is 0.940. The van der Waals surface area contributed by atoms with E-state index in [2.05, 4.69) is 45.2 Å². The number of rotatable bonds is 1. The summed E-state index contributed by atoms with van der Waals surface area (Å²) in [5.41, 5.74) is 3.72.